The minimum atomic E-state index is -4.65. The maximum absolute atomic E-state index is 12.9. The van der Waals surface area contributed by atoms with E-state index in [1.165, 1.54) is 0 Å². The molecule has 0 aromatic heterocycles. The van der Waals surface area contributed by atoms with Gasteiger partial charge in [0.15, 0.2) is 0 Å². The fourth-order valence-corrected chi connectivity index (χ4v) is 3.81. The normalized spacial score (nSPS) is 33.2. The van der Waals surface area contributed by atoms with Crippen LogP contribution in [0.15, 0.2) is 18.2 Å². The van der Waals surface area contributed by atoms with Gasteiger partial charge in [0.05, 0.1) is 0 Å². The van der Waals surface area contributed by atoms with Gasteiger partial charge in [0.25, 0.3) is 0 Å². The fourth-order valence-electron chi connectivity index (χ4n) is 3.81. The first kappa shape index (κ1) is 15.1. The first-order valence-electron chi connectivity index (χ1n) is 6.05. The Morgan fingerprint density at radius 1 is 1.06 bits per heavy atom. The maximum atomic E-state index is 12.9. The second kappa shape index (κ2) is 4.35. The fraction of sp³-hybridized carbons (Fsp3) is 0.538. The average molecular weight is 278 g/mol. The van der Waals surface area contributed by atoms with Crippen molar-refractivity contribution in [3.8, 4) is 0 Å². The molecule has 3 aliphatic carbocycles. The molecule has 92 valence electrons. The van der Waals surface area contributed by atoms with Crippen LogP contribution in [0.5, 0.6) is 0 Å². The van der Waals surface area contributed by atoms with Gasteiger partial charge in [0, 0.05) is 0 Å². The Labute approximate surface area is 148 Å². The van der Waals surface area contributed by atoms with Gasteiger partial charge in [-0.2, -0.15) is 0 Å². The second-order valence-corrected chi connectivity index (χ2v) is 6.07. The molecule has 0 heterocycles. The number of rotatable bonds is 2. The van der Waals surface area contributed by atoms with Crippen molar-refractivity contribution < 1.29 is 64.3 Å². The van der Waals surface area contributed by atoms with E-state index >= 15 is 0 Å². The van der Waals surface area contributed by atoms with Gasteiger partial charge in [0.1, 0.15) is 0 Å². The van der Waals surface area contributed by atoms with E-state index in [1.54, 1.807) is 0 Å². The summed E-state index contributed by atoms with van der Waals surface area (Å²) in [6, 6.07) is 6.12. The Hall–Kier alpha value is 0.711. The SMILES string of the molecule is Cc1ccc(C)c(C23CC([B-](F)(F)F)(C2)C3)c1.[K+]. The van der Waals surface area contributed by atoms with E-state index in [4.69, 9.17) is 0 Å². The Morgan fingerprint density at radius 3 is 2.11 bits per heavy atom. The molecule has 0 amide bonds. The molecular weight excluding hydrogens is 263 g/mol. The maximum Gasteiger partial charge on any atom is 1.00 e. The van der Waals surface area contributed by atoms with E-state index < -0.39 is 12.3 Å². The number of benzene rings is 1. The minimum Gasteiger partial charge on any atom is -0.449 e. The molecule has 0 saturated heterocycles. The summed E-state index contributed by atoms with van der Waals surface area (Å²) in [5.41, 5.74) is 3.28. The molecule has 18 heavy (non-hydrogen) atoms. The third kappa shape index (κ3) is 1.89. The van der Waals surface area contributed by atoms with Crippen molar-refractivity contribution in [3.05, 3.63) is 34.9 Å². The third-order valence-corrected chi connectivity index (χ3v) is 4.73. The van der Waals surface area contributed by atoms with Gasteiger partial charge in [-0.25, -0.2) is 0 Å². The Balaban J connectivity index is 0.00000120. The van der Waals surface area contributed by atoms with Crippen LogP contribution in [0.4, 0.5) is 12.9 Å². The zero-order valence-electron chi connectivity index (χ0n) is 11.1. The molecule has 0 radical (unpaired) electrons. The van der Waals surface area contributed by atoms with Gasteiger partial charge in [0.2, 0.25) is 0 Å². The van der Waals surface area contributed by atoms with Gasteiger partial charge in [-0.15, -0.1) is 0 Å². The van der Waals surface area contributed by atoms with E-state index in [0.29, 0.717) is 19.3 Å². The summed E-state index contributed by atoms with van der Waals surface area (Å²) < 4.78 is 38.6. The van der Waals surface area contributed by atoms with Crippen LogP contribution in [0.2, 0.25) is 5.31 Å². The summed E-state index contributed by atoms with van der Waals surface area (Å²) in [6.07, 6.45) is 0.982. The quantitative estimate of drug-likeness (QED) is 0.716. The van der Waals surface area contributed by atoms with Crippen LogP contribution in [0.1, 0.15) is 36.0 Å². The van der Waals surface area contributed by atoms with E-state index in [2.05, 4.69) is 6.07 Å². The van der Waals surface area contributed by atoms with Gasteiger partial charge < -0.3 is 12.9 Å². The summed E-state index contributed by atoms with van der Waals surface area (Å²) in [4.78, 5) is 0. The zero-order valence-corrected chi connectivity index (χ0v) is 14.2. The van der Waals surface area contributed by atoms with E-state index in [0.717, 1.165) is 16.7 Å². The van der Waals surface area contributed by atoms with Crippen LogP contribution >= 0.6 is 0 Å². The van der Waals surface area contributed by atoms with Crippen LogP contribution in [0.25, 0.3) is 0 Å². The van der Waals surface area contributed by atoms with Crippen molar-refractivity contribution in [2.45, 2.75) is 43.8 Å². The molecule has 5 heteroatoms. The molecule has 0 spiro atoms. The Kier molecular flexibility index (Phi) is 3.65. The first-order valence-corrected chi connectivity index (χ1v) is 6.05. The van der Waals surface area contributed by atoms with Crippen LogP contribution in [-0.2, 0) is 5.41 Å². The molecule has 2 bridgehead atoms. The average Bonchev–Trinajstić information content (AvgIpc) is 2.03. The molecule has 3 saturated carbocycles. The zero-order chi connectivity index (χ0) is 12.5. The monoisotopic (exact) mass is 278 g/mol. The van der Waals surface area contributed by atoms with Crippen molar-refractivity contribution in [2.75, 3.05) is 0 Å². The molecule has 4 rings (SSSR count). The summed E-state index contributed by atoms with van der Waals surface area (Å²) in [7, 11) is 0. The number of aryl methyl sites for hydroxylation is 2. The standard InChI is InChI=1S/C13H15BF3.K/c1-9-3-4-10(2)11(5-9)12-6-13(7-12,8-12)14(15,16)17;/h3-5H,6-8H2,1-2H3;/q-1;+1. The van der Waals surface area contributed by atoms with Crippen LogP contribution in [-0.4, -0.2) is 6.98 Å². The van der Waals surface area contributed by atoms with E-state index in [1.807, 2.05) is 26.0 Å². The first-order chi connectivity index (χ1) is 7.78. The summed E-state index contributed by atoms with van der Waals surface area (Å²) in [6.45, 7) is -0.655. The van der Waals surface area contributed by atoms with Gasteiger partial charge in [-0.1, -0.05) is 48.3 Å². The Morgan fingerprint density at radius 2 is 1.61 bits per heavy atom. The van der Waals surface area contributed by atoms with E-state index in [-0.39, 0.29) is 56.8 Å². The molecule has 0 atom stereocenters. The molecule has 1 aromatic carbocycles. The van der Waals surface area contributed by atoms with Crippen molar-refractivity contribution in [3.63, 3.8) is 0 Å². The van der Waals surface area contributed by atoms with Crippen molar-refractivity contribution >= 4 is 6.98 Å². The van der Waals surface area contributed by atoms with Crippen LogP contribution in [0, 0.1) is 13.8 Å². The molecule has 0 unspecified atom stereocenters. The Bertz CT molecular complexity index is 476. The molecule has 0 N–H and O–H groups in total. The van der Waals surface area contributed by atoms with Crippen molar-refractivity contribution in [2.24, 2.45) is 0 Å². The van der Waals surface area contributed by atoms with Crippen molar-refractivity contribution in [1.82, 2.24) is 0 Å². The van der Waals surface area contributed by atoms with E-state index in [9.17, 15) is 12.9 Å². The molecule has 3 aliphatic rings. The smallest absolute Gasteiger partial charge is 0.449 e. The third-order valence-electron chi connectivity index (χ3n) is 4.73. The minimum absolute atomic E-state index is 0. The van der Waals surface area contributed by atoms with Gasteiger partial charge in [-0.3, -0.25) is 0 Å². The van der Waals surface area contributed by atoms with Gasteiger partial charge in [-0.05, 0) is 30.4 Å². The number of hydrogen-bond acceptors (Lipinski definition) is 0. The van der Waals surface area contributed by atoms with Crippen LogP contribution in [0.3, 0.4) is 0 Å². The largest absolute Gasteiger partial charge is 1.00 e. The number of halogens is 3. The molecule has 3 fully saturated rings. The summed E-state index contributed by atoms with van der Waals surface area (Å²) in [5, 5.41) is -1.28. The summed E-state index contributed by atoms with van der Waals surface area (Å²) >= 11 is 0. The molecular formula is C13H15BF3K. The van der Waals surface area contributed by atoms with Crippen molar-refractivity contribution in [1.29, 1.82) is 0 Å². The predicted octanol–water partition coefficient (Wildman–Crippen LogP) is 1.33. The van der Waals surface area contributed by atoms with Gasteiger partial charge >= 0.3 is 58.4 Å². The predicted molar refractivity (Wildman–Crippen MR) is 63.2 cm³/mol. The molecule has 1 aromatic rings. The molecule has 0 aliphatic heterocycles. The van der Waals surface area contributed by atoms with Crippen LogP contribution < -0.4 is 51.4 Å². The topological polar surface area (TPSA) is 0 Å². The number of hydrogen-bond donors (Lipinski definition) is 0. The second-order valence-electron chi connectivity index (χ2n) is 6.07. The molecule has 0 nitrogen and oxygen atoms in total. The summed E-state index contributed by atoms with van der Waals surface area (Å²) in [5.74, 6) is 0.